The van der Waals surface area contributed by atoms with Crippen LogP contribution in [0.4, 0.5) is 0 Å². The van der Waals surface area contributed by atoms with Crippen molar-refractivity contribution in [2.24, 2.45) is 0 Å². The third-order valence-corrected chi connectivity index (χ3v) is 1.68. The third-order valence-electron chi connectivity index (χ3n) is 0.407. The zero-order valence-corrected chi connectivity index (χ0v) is 8.41. The molecule has 0 bridgehead atoms. The SMILES string of the molecule is Br.CC[O][Ti][O]CC. The predicted molar refractivity (Wildman–Crippen MR) is 33.6 cm³/mol. The van der Waals surface area contributed by atoms with Gasteiger partial charge in [-0.15, -0.1) is 17.0 Å². The van der Waals surface area contributed by atoms with Gasteiger partial charge in [-0.1, -0.05) is 0 Å². The molecule has 2 nitrogen and oxygen atoms in total. The first-order valence-electron chi connectivity index (χ1n) is 2.40. The Morgan fingerprint density at radius 3 is 1.75 bits per heavy atom. The molecule has 0 unspecified atom stereocenters. The molecule has 0 aliphatic heterocycles. The molecule has 0 aliphatic carbocycles. The summed E-state index contributed by atoms with van der Waals surface area (Å²) in [5.41, 5.74) is 0. The zero-order chi connectivity index (χ0) is 5.54. The molecule has 4 heteroatoms. The Morgan fingerprint density at radius 2 is 1.50 bits per heavy atom. The van der Waals surface area contributed by atoms with Crippen LogP contribution in [0, 0.1) is 0 Å². The molecule has 0 atom stereocenters. The van der Waals surface area contributed by atoms with Crippen LogP contribution in [0.25, 0.3) is 0 Å². The molecular formula is C4H11BrO2Ti. The Morgan fingerprint density at radius 1 is 1.12 bits per heavy atom. The van der Waals surface area contributed by atoms with Gasteiger partial charge in [0.1, 0.15) is 0 Å². The molecule has 0 aromatic carbocycles. The summed E-state index contributed by atoms with van der Waals surface area (Å²) in [5, 5.41) is 0. The van der Waals surface area contributed by atoms with E-state index in [1.165, 1.54) is 0 Å². The molecule has 0 spiro atoms. The first kappa shape index (κ1) is 11.9. The van der Waals surface area contributed by atoms with Crippen LogP contribution in [-0.2, 0) is 26.6 Å². The van der Waals surface area contributed by atoms with Gasteiger partial charge in [0.15, 0.2) is 0 Å². The molecule has 0 N–H and O–H groups in total. The van der Waals surface area contributed by atoms with Gasteiger partial charge in [-0.2, -0.15) is 0 Å². The molecule has 0 aromatic heterocycles. The van der Waals surface area contributed by atoms with Crippen molar-refractivity contribution in [1.82, 2.24) is 0 Å². The van der Waals surface area contributed by atoms with E-state index in [2.05, 4.69) is 0 Å². The van der Waals surface area contributed by atoms with Gasteiger partial charge in [-0.3, -0.25) is 0 Å². The van der Waals surface area contributed by atoms with Crippen LogP contribution in [0.5, 0.6) is 0 Å². The summed E-state index contributed by atoms with van der Waals surface area (Å²) >= 11 is -0.486. The van der Waals surface area contributed by atoms with Crippen molar-refractivity contribution in [2.75, 3.05) is 13.2 Å². The van der Waals surface area contributed by atoms with Crippen LogP contribution in [0.1, 0.15) is 13.8 Å². The molecule has 0 rings (SSSR count). The van der Waals surface area contributed by atoms with E-state index in [1.807, 2.05) is 13.8 Å². The van der Waals surface area contributed by atoms with E-state index in [4.69, 9.17) is 6.64 Å². The Labute approximate surface area is 70.6 Å². The van der Waals surface area contributed by atoms with E-state index in [0.717, 1.165) is 13.2 Å². The van der Waals surface area contributed by atoms with Crippen molar-refractivity contribution in [1.29, 1.82) is 0 Å². The van der Waals surface area contributed by atoms with Crippen molar-refractivity contribution in [3.63, 3.8) is 0 Å². The molecule has 0 radical (unpaired) electrons. The summed E-state index contributed by atoms with van der Waals surface area (Å²) in [6, 6.07) is 0. The molecule has 50 valence electrons. The predicted octanol–water partition coefficient (Wildman–Crippen LogP) is 1.55. The Bertz CT molecular complexity index is 33.2. The van der Waals surface area contributed by atoms with Gasteiger partial charge >= 0.3 is 53.6 Å². The summed E-state index contributed by atoms with van der Waals surface area (Å²) in [4.78, 5) is 0. The minimum absolute atomic E-state index is 0. The summed E-state index contributed by atoms with van der Waals surface area (Å²) < 4.78 is 9.95. The standard InChI is InChI=1S/2C2H5O.BrH.Ti/c2*1-2-3;;/h2*2H2,1H3;1H;/q2*-1;;+2. The van der Waals surface area contributed by atoms with Gasteiger partial charge in [0.05, 0.1) is 0 Å². The van der Waals surface area contributed by atoms with Gasteiger partial charge in [0.25, 0.3) is 0 Å². The average Bonchev–Trinajstić information content (AvgIpc) is 1.69. The van der Waals surface area contributed by atoms with Crippen LogP contribution in [0.2, 0.25) is 0 Å². The summed E-state index contributed by atoms with van der Waals surface area (Å²) in [7, 11) is 0. The quantitative estimate of drug-likeness (QED) is 0.527. The minimum atomic E-state index is -0.486. The molecule has 0 amide bonds. The molecule has 0 fully saturated rings. The second-order valence-electron chi connectivity index (χ2n) is 0.949. The van der Waals surface area contributed by atoms with Gasteiger partial charge in [0, 0.05) is 0 Å². The Balaban J connectivity index is 0. The average molecular weight is 219 g/mol. The second kappa shape index (κ2) is 11.0. The van der Waals surface area contributed by atoms with E-state index in [-0.39, 0.29) is 17.0 Å². The van der Waals surface area contributed by atoms with Crippen molar-refractivity contribution < 1.29 is 26.6 Å². The van der Waals surface area contributed by atoms with Crippen LogP contribution in [0.15, 0.2) is 0 Å². The Kier molecular flexibility index (Phi) is 16.3. The summed E-state index contributed by atoms with van der Waals surface area (Å²) in [6.07, 6.45) is 0. The van der Waals surface area contributed by atoms with Crippen molar-refractivity contribution in [3.8, 4) is 0 Å². The third kappa shape index (κ3) is 10.2. The molecule has 0 aliphatic rings. The van der Waals surface area contributed by atoms with Crippen molar-refractivity contribution in [3.05, 3.63) is 0 Å². The summed E-state index contributed by atoms with van der Waals surface area (Å²) in [5.74, 6) is 0. The monoisotopic (exact) mass is 218 g/mol. The van der Waals surface area contributed by atoms with Crippen molar-refractivity contribution in [2.45, 2.75) is 13.8 Å². The van der Waals surface area contributed by atoms with Crippen LogP contribution in [-0.4, -0.2) is 13.2 Å². The molecule has 0 saturated carbocycles. The van der Waals surface area contributed by atoms with Crippen LogP contribution in [0.3, 0.4) is 0 Å². The van der Waals surface area contributed by atoms with Crippen LogP contribution >= 0.6 is 17.0 Å². The van der Waals surface area contributed by atoms with Gasteiger partial charge in [-0.05, 0) is 0 Å². The molecule has 0 saturated heterocycles. The van der Waals surface area contributed by atoms with Gasteiger partial charge in [0.2, 0.25) is 0 Å². The van der Waals surface area contributed by atoms with E-state index in [9.17, 15) is 0 Å². The number of halogens is 1. The molecule has 0 heterocycles. The van der Waals surface area contributed by atoms with Crippen LogP contribution < -0.4 is 0 Å². The van der Waals surface area contributed by atoms with E-state index < -0.39 is 19.9 Å². The fourth-order valence-corrected chi connectivity index (χ4v) is 0.658. The number of rotatable bonds is 4. The first-order valence-corrected chi connectivity index (χ1v) is 3.67. The first-order chi connectivity index (χ1) is 3.41. The molecule has 8 heavy (non-hydrogen) atoms. The fraction of sp³-hybridized carbons (Fsp3) is 1.00. The maximum atomic E-state index is 4.98. The normalized spacial score (nSPS) is 7.75. The van der Waals surface area contributed by atoms with E-state index >= 15 is 0 Å². The molecular weight excluding hydrogens is 208 g/mol. The number of hydrogen-bond acceptors (Lipinski definition) is 2. The van der Waals surface area contributed by atoms with Gasteiger partial charge in [-0.25, -0.2) is 0 Å². The zero-order valence-electron chi connectivity index (χ0n) is 5.14. The maximum absolute atomic E-state index is 4.98. The van der Waals surface area contributed by atoms with E-state index in [0.29, 0.717) is 0 Å². The summed E-state index contributed by atoms with van der Waals surface area (Å²) in [6.45, 7) is 5.53. The Hall–Kier alpha value is 1.11. The number of hydrogen-bond donors (Lipinski definition) is 0. The van der Waals surface area contributed by atoms with E-state index in [1.54, 1.807) is 0 Å². The second-order valence-corrected chi connectivity index (χ2v) is 2.11. The van der Waals surface area contributed by atoms with Gasteiger partial charge < -0.3 is 0 Å². The van der Waals surface area contributed by atoms with Crippen molar-refractivity contribution >= 4 is 17.0 Å². The topological polar surface area (TPSA) is 18.5 Å². The molecule has 0 aromatic rings. The fourth-order valence-electron chi connectivity index (χ4n) is 0.160.